The van der Waals surface area contributed by atoms with Crippen molar-refractivity contribution in [2.24, 2.45) is 0 Å². The number of benzene rings is 1. The quantitative estimate of drug-likeness (QED) is 0.666. The zero-order valence-electron chi connectivity index (χ0n) is 17.1. The van der Waals surface area contributed by atoms with E-state index in [4.69, 9.17) is 4.74 Å². The fourth-order valence-corrected chi connectivity index (χ4v) is 5.97. The van der Waals surface area contributed by atoms with Crippen LogP contribution in [0.4, 0.5) is 0 Å². The number of rotatable bonds is 5. The number of sulfone groups is 1. The zero-order chi connectivity index (χ0) is 21.5. The van der Waals surface area contributed by atoms with Gasteiger partial charge in [0.25, 0.3) is 5.91 Å². The highest BCUT2D eigenvalue weighted by Gasteiger charge is 2.36. The highest BCUT2D eigenvalue weighted by molar-refractivity contribution is 7.91. The lowest BCUT2D eigenvalue weighted by Gasteiger charge is -2.26. The molecule has 1 saturated heterocycles. The molecule has 9 heteroatoms. The molecular formula is C21H25N3O5S. The summed E-state index contributed by atoms with van der Waals surface area (Å²) in [6, 6.07) is 9.22. The Hall–Kier alpha value is -2.68. The van der Waals surface area contributed by atoms with E-state index in [0.717, 1.165) is 36.2 Å². The molecule has 0 bridgehead atoms. The molecule has 1 aromatic carbocycles. The predicted molar refractivity (Wildman–Crippen MR) is 110 cm³/mol. The zero-order valence-corrected chi connectivity index (χ0v) is 17.9. The Morgan fingerprint density at radius 1 is 1.23 bits per heavy atom. The summed E-state index contributed by atoms with van der Waals surface area (Å²) in [5, 5.41) is 4.49. The maximum Gasteiger partial charge on any atom is 0.359 e. The topological polar surface area (TPSA) is 98.6 Å². The minimum Gasteiger partial charge on any atom is -0.448 e. The average Bonchev–Trinajstić information content (AvgIpc) is 3.42. The van der Waals surface area contributed by atoms with Gasteiger partial charge in [0.15, 0.2) is 21.6 Å². The van der Waals surface area contributed by atoms with E-state index >= 15 is 0 Å². The number of aromatic nitrogens is 2. The first-order valence-electron chi connectivity index (χ1n) is 10.1. The lowest BCUT2D eigenvalue weighted by atomic mass is 10.2. The van der Waals surface area contributed by atoms with Crippen LogP contribution >= 0.6 is 0 Å². The fraction of sp³-hybridized carbons (Fsp3) is 0.476. The molecule has 2 heterocycles. The molecule has 1 aliphatic heterocycles. The molecule has 8 nitrogen and oxygen atoms in total. The number of fused-ring (bicyclic) bond motifs is 1. The second-order valence-electron chi connectivity index (χ2n) is 7.93. The van der Waals surface area contributed by atoms with Crippen molar-refractivity contribution in [3.05, 3.63) is 47.3 Å². The van der Waals surface area contributed by atoms with Gasteiger partial charge in [-0.2, -0.15) is 5.10 Å². The number of carbonyl (C=O) groups excluding carboxylic acids is 2. The van der Waals surface area contributed by atoms with Crippen molar-refractivity contribution in [2.45, 2.75) is 44.8 Å². The molecule has 1 aliphatic carbocycles. The van der Waals surface area contributed by atoms with E-state index in [-0.39, 0.29) is 23.2 Å². The molecule has 0 N–H and O–H groups in total. The Morgan fingerprint density at radius 3 is 2.63 bits per heavy atom. The molecule has 1 aromatic heterocycles. The number of hydrogen-bond donors (Lipinski definition) is 0. The van der Waals surface area contributed by atoms with Crippen LogP contribution in [0.3, 0.4) is 0 Å². The first-order valence-corrected chi connectivity index (χ1v) is 11.9. The van der Waals surface area contributed by atoms with Gasteiger partial charge < -0.3 is 9.64 Å². The van der Waals surface area contributed by atoms with Gasteiger partial charge in [0.05, 0.1) is 17.2 Å². The summed E-state index contributed by atoms with van der Waals surface area (Å²) in [5.74, 6) is -1.02. The molecule has 0 saturated carbocycles. The van der Waals surface area contributed by atoms with Crippen LogP contribution in [0.15, 0.2) is 30.3 Å². The summed E-state index contributed by atoms with van der Waals surface area (Å²) >= 11 is 0. The van der Waals surface area contributed by atoms with Crippen molar-refractivity contribution in [3.63, 3.8) is 0 Å². The molecular weight excluding hydrogens is 406 g/mol. The minimum atomic E-state index is -3.11. The summed E-state index contributed by atoms with van der Waals surface area (Å²) < 4.78 is 30.6. The van der Waals surface area contributed by atoms with E-state index < -0.39 is 27.8 Å². The molecule has 1 fully saturated rings. The largest absolute Gasteiger partial charge is 0.448 e. The number of carbonyl (C=O) groups is 2. The van der Waals surface area contributed by atoms with E-state index in [1.165, 1.54) is 11.8 Å². The molecule has 30 heavy (non-hydrogen) atoms. The molecule has 2 aromatic rings. The van der Waals surface area contributed by atoms with Crippen molar-refractivity contribution in [1.29, 1.82) is 0 Å². The van der Waals surface area contributed by atoms with E-state index in [1.807, 2.05) is 30.3 Å². The number of para-hydroxylation sites is 1. The Balaban J connectivity index is 1.50. The minimum absolute atomic E-state index is 0.0507. The average molecular weight is 432 g/mol. The van der Waals surface area contributed by atoms with Crippen LogP contribution in [-0.4, -0.2) is 65.7 Å². The lowest BCUT2D eigenvalue weighted by Crippen LogP contribution is -2.44. The summed E-state index contributed by atoms with van der Waals surface area (Å²) in [7, 11) is -1.56. The second-order valence-corrected chi connectivity index (χ2v) is 10.2. The molecule has 0 spiro atoms. The van der Waals surface area contributed by atoms with Crippen molar-refractivity contribution < 1.29 is 22.7 Å². The van der Waals surface area contributed by atoms with Crippen molar-refractivity contribution in [2.75, 3.05) is 18.6 Å². The van der Waals surface area contributed by atoms with E-state index in [1.54, 1.807) is 11.7 Å². The Morgan fingerprint density at radius 2 is 1.97 bits per heavy atom. The third-order valence-corrected chi connectivity index (χ3v) is 7.61. The van der Waals surface area contributed by atoms with Crippen LogP contribution in [0.25, 0.3) is 5.69 Å². The number of hydrogen-bond acceptors (Lipinski definition) is 6. The maximum atomic E-state index is 12.8. The first kappa shape index (κ1) is 20.6. The van der Waals surface area contributed by atoms with Gasteiger partial charge in [0.2, 0.25) is 0 Å². The van der Waals surface area contributed by atoms with Crippen LogP contribution < -0.4 is 0 Å². The highest BCUT2D eigenvalue weighted by Crippen LogP contribution is 2.28. The van der Waals surface area contributed by atoms with Crippen molar-refractivity contribution in [3.8, 4) is 5.69 Å². The standard InChI is InChI=1S/C21H25N3O5S/c1-14(20(25)23(2)16-11-12-30(27,28)13-16)29-21(26)19-17-9-6-10-18(17)24(22-19)15-7-4-3-5-8-15/h3-5,7-8,14,16H,6,9-13H2,1-2H3/t14-,16-/m1/s1. The summed E-state index contributed by atoms with van der Waals surface area (Å²) in [6.07, 6.45) is 1.89. The van der Waals surface area contributed by atoms with Crippen LogP contribution in [0.2, 0.25) is 0 Å². The number of amides is 1. The SMILES string of the molecule is C[C@@H](OC(=O)c1nn(-c2ccccc2)c2c1CCC2)C(=O)N(C)[C@@H]1CCS(=O)(=O)C1. The number of likely N-dealkylation sites (N-methyl/N-ethyl adjacent to an activating group) is 1. The third-order valence-electron chi connectivity index (χ3n) is 5.86. The van der Waals surface area contributed by atoms with E-state index in [2.05, 4.69) is 5.10 Å². The van der Waals surface area contributed by atoms with Crippen LogP contribution in [0.5, 0.6) is 0 Å². The van der Waals surface area contributed by atoms with Gasteiger partial charge in [-0.1, -0.05) is 18.2 Å². The molecule has 0 radical (unpaired) electrons. The van der Waals surface area contributed by atoms with Crippen LogP contribution in [0, 0.1) is 0 Å². The number of ether oxygens (including phenoxy) is 1. The van der Waals surface area contributed by atoms with Gasteiger partial charge >= 0.3 is 5.97 Å². The first-order chi connectivity index (χ1) is 14.3. The van der Waals surface area contributed by atoms with Gasteiger partial charge in [-0.3, -0.25) is 4.79 Å². The lowest BCUT2D eigenvalue weighted by molar-refractivity contribution is -0.140. The van der Waals surface area contributed by atoms with E-state index in [0.29, 0.717) is 6.42 Å². The smallest absolute Gasteiger partial charge is 0.359 e. The van der Waals surface area contributed by atoms with Crippen LogP contribution in [-0.2, 0) is 32.2 Å². The molecule has 4 rings (SSSR count). The third kappa shape index (κ3) is 3.86. The second kappa shape index (κ2) is 7.86. The predicted octanol–water partition coefficient (Wildman–Crippen LogP) is 1.55. The Kier molecular flexibility index (Phi) is 5.40. The summed E-state index contributed by atoms with van der Waals surface area (Å²) in [6.45, 7) is 1.51. The normalized spacial score (nSPS) is 20.5. The summed E-state index contributed by atoms with van der Waals surface area (Å²) in [4.78, 5) is 26.9. The van der Waals surface area contributed by atoms with Gasteiger partial charge in [0, 0.05) is 24.3 Å². The number of esters is 1. The molecule has 2 atom stereocenters. The number of nitrogens with zero attached hydrogens (tertiary/aromatic N) is 3. The van der Waals surface area contributed by atoms with Gasteiger partial charge in [-0.05, 0) is 44.7 Å². The van der Waals surface area contributed by atoms with Crippen molar-refractivity contribution >= 4 is 21.7 Å². The van der Waals surface area contributed by atoms with Gasteiger partial charge in [-0.25, -0.2) is 17.9 Å². The van der Waals surface area contributed by atoms with Gasteiger partial charge in [-0.15, -0.1) is 0 Å². The monoisotopic (exact) mass is 431 g/mol. The van der Waals surface area contributed by atoms with Crippen molar-refractivity contribution in [1.82, 2.24) is 14.7 Å². The van der Waals surface area contributed by atoms with Gasteiger partial charge in [0.1, 0.15) is 0 Å². The molecule has 2 aliphatic rings. The molecule has 0 unspecified atom stereocenters. The van der Waals surface area contributed by atoms with E-state index in [9.17, 15) is 18.0 Å². The Bertz CT molecular complexity index is 1080. The maximum absolute atomic E-state index is 12.8. The Labute approximate surface area is 175 Å². The summed E-state index contributed by atoms with van der Waals surface area (Å²) in [5.41, 5.74) is 3.00. The molecule has 1 amide bonds. The highest BCUT2D eigenvalue weighted by atomic mass is 32.2. The molecule has 160 valence electrons. The van der Waals surface area contributed by atoms with Crippen LogP contribution in [0.1, 0.15) is 41.5 Å². The fourth-order valence-electron chi connectivity index (χ4n) is 4.20.